The molecule has 132 valence electrons. The smallest absolute Gasteiger partial charge is 0.155 e. The average Bonchev–Trinajstić information content (AvgIpc) is 3.27. The molecule has 0 bridgehead atoms. The minimum Gasteiger partial charge on any atom is -0.295 e. The maximum atomic E-state index is 12.1. The average molecular weight is 335 g/mol. The van der Waals surface area contributed by atoms with Crippen molar-refractivity contribution in [3.8, 4) is 0 Å². The van der Waals surface area contributed by atoms with Crippen molar-refractivity contribution in [1.29, 1.82) is 0 Å². The molecule has 6 aliphatic carbocycles. The summed E-state index contributed by atoms with van der Waals surface area (Å²) in [6, 6.07) is 0. The monoisotopic (exact) mass is 334 g/mol. The lowest BCUT2D eigenvalue weighted by Crippen LogP contribution is -2.50. The molecule has 6 aliphatic rings. The Bertz CT molecular complexity index is 784. The van der Waals surface area contributed by atoms with Crippen molar-refractivity contribution in [3.05, 3.63) is 35.5 Å². The number of allylic oxidation sites excluding steroid dienone is 5. The van der Waals surface area contributed by atoms with Crippen LogP contribution in [0.5, 0.6) is 0 Å². The van der Waals surface area contributed by atoms with Gasteiger partial charge in [0.25, 0.3) is 0 Å². The Kier molecular flexibility index (Phi) is 2.54. The van der Waals surface area contributed by atoms with Crippen LogP contribution in [0.15, 0.2) is 35.5 Å². The number of ketones is 1. The lowest BCUT2D eigenvalue weighted by molar-refractivity contribution is -0.116. The van der Waals surface area contributed by atoms with Gasteiger partial charge in [-0.05, 0) is 85.5 Å². The van der Waals surface area contributed by atoms with Gasteiger partial charge in [-0.1, -0.05) is 43.2 Å². The predicted molar refractivity (Wildman–Crippen MR) is 99.9 cm³/mol. The summed E-state index contributed by atoms with van der Waals surface area (Å²) in [6.45, 7) is 9.66. The molecule has 0 amide bonds. The van der Waals surface area contributed by atoms with Crippen LogP contribution in [0.1, 0.15) is 65.2 Å². The predicted octanol–water partition coefficient (Wildman–Crippen LogP) is 5.63. The minimum atomic E-state index is 0.289. The summed E-state index contributed by atoms with van der Waals surface area (Å²) >= 11 is 0. The highest BCUT2D eigenvalue weighted by Gasteiger charge is 2.69. The molecule has 4 saturated carbocycles. The van der Waals surface area contributed by atoms with Crippen LogP contribution in [-0.4, -0.2) is 5.78 Å². The van der Waals surface area contributed by atoms with E-state index in [1.807, 2.05) is 5.57 Å². The molecule has 1 nitrogen and oxygen atoms in total. The molecule has 6 rings (SSSR count). The van der Waals surface area contributed by atoms with E-state index in [9.17, 15) is 4.79 Å². The van der Waals surface area contributed by atoms with Gasteiger partial charge in [0.15, 0.2) is 5.78 Å². The third-order valence-corrected chi connectivity index (χ3v) is 9.89. The van der Waals surface area contributed by atoms with E-state index in [2.05, 4.69) is 32.6 Å². The van der Waals surface area contributed by atoms with Crippen molar-refractivity contribution in [2.45, 2.75) is 65.2 Å². The number of carbonyl (C=O) groups is 1. The molecule has 0 radical (unpaired) electrons. The highest BCUT2D eigenvalue weighted by molar-refractivity contribution is 5.92. The molecule has 0 saturated heterocycles. The first-order valence-electron chi connectivity index (χ1n) is 10.5. The molecule has 1 spiro atoms. The van der Waals surface area contributed by atoms with Crippen LogP contribution in [0.25, 0.3) is 0 Å². The van der Waals surface area contributed by atoms with E-state index in [1.165, 1.54) is 38.5 Å². The molecule has 0 aliphatic heterocycles. The fourth-order valence-electron chi connectivity index (χ4n) is 8.51. The number of carbonyl (C=O) groups excluding carboxylic acids is 1. The van der Waals surface area contributed by atoms with Gasteiger partial charge in [-0.25, -0.2) is 0 Å². The van der Waals surface area contributed by atoms with E-state index in [-0.39, 0.29) is 5.41 Å². The third-order valence-electron chi connectivity index (χ3n) is 9.89. The maximum absolute atomic E-state index is 12.1. The summed E-state index contributed by atoms with van der Waals surface area (Å²) < 4.78 is 0. The van der Waals surface area contributed by atoms with Crippen LogP contribution in [0.2, 0.25) is 0 Å². The van der Waals surface area contributed by atoms with Crippen LogP contribution in [-0.2, 0) is 4.79 Å². The second-order valence-electron chi connectivity index (χ2n) is 10.6. The zero-order valence-corrected chi connectivity index (χ0v) is 15.7. The van der Waals surface area contributed by atoms with Gasteiger partial charge in [0.1, 0.15) is 0 Å². The topological polar surface area (TPSA) is 17.1 Å². The fraction of sp³-hybridized carbons (Fsp3) is 0.708. The molecule has 0 N–H and O–H groups in total. The van der Waals surface area contributed by atoms with Crippen LogP contribution >= 0.6 is 0 Å². The highest BCUT2D eigenvalue weighted by Crippen LogP contribution is 2.78. The summed E-state index contributed by atoms with van der Waals surface area (Å²) in [4.78, 5) is 12.1. The maximum Gasteiger partial charge on any atom is 0.155 e. The number of hydrogen-bond donors (Lipinski definition) is 0. The van der Waals surface area contributed by atoms with Crippen LogP contribution in [0.3, 0.4) is 0 Å². The van der Waals surface area contributed by atoms with Crippen LogP contribution in [0.4, 0.5) is 0 Å². The SMILES string of the molecule is C=C1CC[C@]2(C)CC=C3C4C5C[C@@H]5C5=CC(=O)CCC5(C)C4CCC132. The first kappa shape index (κ1) is 15.0. The van der Waals surface area contributed by atoms with Crippen molar-refractivity contribution in [3.63, 3.8) is 0 Å². The number of hydrogen-bond acceptors (Lipinski definition) is 1. The first-order valence-corrected chi connectivity index (χ1v) is 10.5. The van der Waals surface area contributed by atoms with Crippen LogP contribution < -0.4 is 0 Å². The van der Waals surface area contributed by atoms with Gasteiger partial charge < -0.3 is 0 Å². The molecule has 0 aromatic rings. The van der Waals surface area contributed by atoms with E-state index in [0.29, 0.717) is 22.5 Å². The molecule has 7 atom stereocenters. The molecular formula is C24H30O. The minimum absolute atomic E-state index is 0.289. The van der Waals surface area contributed by atoms with Crippen LogP contribution in [0, 0.1) is 39.9 Å². The van der Waals surface area contributed by atoms with Gasteiger partial charge in [-0.2, -0.15) is 0 Å². The molecule has 4 fully saturated rings. The largest absolute Gasteiger partial charge is 0.295 e. The normalized spacial score (nSPS) is 55.4. The molecule has 0 aromatic carbocycles. The summed E-state index contributed by atoms with van der Waals surface area (Å²) in [5.74, 6) is 3.48. The molecule has 25 heavy (non-hydrogen) atoms. The molecular weight excluding hydrogens is 304 g/mol. The third kappa shape index (κ3) is 1.49. The zero-order valence-electron chi connectivity index (χ0n) is 15.7. The van der Waals surface area contributed by atoms with E-state index in [0.717, 1.165) is 30.6 Å². The highest BCUT2D eigenvalue weighted by atomic mass is 16.1. The number of fused-ring (bicyclic) bond motifs is 7. The second-order valence-corrected chi connectivity index (χ2v) is 10.6. The Morgan fingerprint density at radius 3 is 2.80 bits per heavy atom. The van der Waals surface area contributed by atoms with Crippen molar-refractivity contribution in [2.24, 2.45) is 39.9 Å². The Labute approximate surface area is 151 Å². The lowest BCUT2D eigenvalue weighted by atomic mass is 9.46. The summed E-state index contributed by atoms with van der Waals surface area (Å²) in [7, 11) is 0. The molecule has 0 aromatic heterocycles. The van der Waals surface area contributed by atoms with Gasteiger partial charge in [-0.3, -0.25) is 4.79 Å². The van der Waals surface area contributed by atoms with Crippen molar-refractivity contribution in [2.75, 3.05) is 0 Å². The Morgan fingerprint density at radius 1 is 1.12 bits per heavy atom. The van der Waals surface area contributed by atoms with E-state index >= 15 is 0 Å². The Morgan fingerprint density at radius 2 is 1.96 bits per heavy atom. The van der Waals surface area contributed by atoms with Crippen molar-refractivity contribution < 1.29 is 4.79 Å². The van der Waals surface area contributed by atoms with Gasteiger partial charge in [-0.15, -0.1) is 0 Å². The second kappa shape index (κ2) is 4.24. The molecule has 1 heteroatoms. The lowest BCUT2D eigenvalue weighted by Gasteiger charge is -2.57. The van der Waals surface area contributed by atoms with Crippen molar-refractivity contribution in [1.82, 2.24) is 0 Å². The zero-order chi connectivity index (χ0) is 17.2. The summed E-state index contributed by atoms with van der Waals surface area (Å²) in [6.07, 6.45) is 14.5. The standard InChI is InChI=1S/C24H30O/c1-14-4-8-22(2)9-6-19-21-17-13-16(17)20-12-15(25)5-10-23(20,3)18(21)7-11-24(14,19)22/h6,12,16-18,21H,1,4-5,7-11,13H2,2-3H3/t16-,17?,18?,21?,22+,23?,24?/m0/s1. The van der Waals surface area contributed by atoms with Gasteiger partial charge in [0, 0.05) is 11.8 Å². The van der Waals surface area contributed by atoms with E-state index in [4.69, 9.17) is 0 Å². The fourth-order valence-corrected chi connectivity index (χ4v) is 8.51. The summed E-state index contributed by atoms with van der Waals surface area (Å²) in [5, 5.41) is 0. The van der Waals surface area contributed by atoms with E-state index in [1.54, 1.807) is 11.1 Å². The quantitative estimate of drug-likeness (QED) is 0.525. The van der Waals surface area contributed by atoms with Gasteiger partial charge in [0.05, 0.1) is 0 Å². The number of rotatable bonds is 0. The Hall–Kier alpha value is -1.11. The Balaban J connectivity index is 1.49. The summed E-state index contributed by atoms with van der Waals surface area (Å²) in [5.41, 5.74) is 6.01. The van der Waals surface area contributed by atoms with Gasteiger partial charge >= 0.3 is 0 Å². The molecule has 0 heterocycles. The van der Waals surface area contributed by atoms with Crippen molar-refractivity contribution >= 4 is 5.78 Å². The van der Waals surface area contributed by atoms with E-state index < -0.39 is 0 Å². The van der Waals surface area contributed by atoms with Gasteiger partial charge in [0.2, 0.25) is 0 Å². The first-order chi connectivity index (χ1) is 11.9. The molecule has 5 unspecified atom stereocenters.